The zero-order valence-electron chi connectivity index (χ0n) is 9.67. The van der Waals surface area contributed by atoms with Crippen molar-refractivity contribution in [3.8, 4) is 0 Å². The van der Waals surface area contributed by atoms with Crippen molar-refractivity contribution in [2.45, 2.75) is 32.2 Å². The lowest BCUT2D eigenvalue weighted by Gasteiger charge is -2.17. The number of benzene rings is 1. The van der Waals surface area contributed by atoms with Gasteiger partial charge in [0, 0.05) is 16.9 Å². The van der Waals surface area contributed by atoms with E-state index in [9.17, 15) is 4.79 Å². The van der Waals surface area contributed by atoms with Gasteiger partial charge in [0.25, 0.3) is 0 Å². The number of thiol groups is 1. The van der Waals surface area contributed by atoms with Gasteiger partial charge in [0.2, 0.25) is 5.91 Å². The molecule has 1 aromatic carbocycles. The fourth-order valence-electron chi connectivity index (χ4n) is 1.12. The van der Waals surface area contributed by atoms with Gasteiger partial charge in [0.1, 0.15) is 0 Å². The van der Waals surface area contributed by atoms with Gasteiger partial charge in [-0.1, -0.05) is 38.4 Å². The third kappa shape index (κ3) is 3.72. The summed E-state index contributed by atoms with van der Waals surface area (Å²) in [7, 11) is 0. The molecule has 1 aromatic rings. The Balaban J connectivity index is 2.62. The summed E-state index contributed by atoms with van der Waals surface area (Å²) in [5, 5.41) is 3.49. The summed E-state index contributed by atoms with van der Waals surface area (Å²) >= 11 is 10.1. The van der Waals surface area contributed by atoms with E-state index in [0.717, 1.165) is 10.5 Å². The molecule has 1 amide bonds. The average molecular weight is 258 g/mol. The van der Waals surface area contributed by atoms with Gasteiger partial charge in [-0.3, -0.25) is 4.79 Å². The number of carbonyl (C=O) groups is 1. The first kappa shape index (κ1) is 13.4. The van der Waals surface area contributed by atoms with E-state index in [4.69, 9.17) is 11.6 Å². The van der Waals surface area contributed by atoms with Crippen LogP contribution < -0.4 is 5.32 Å². The average Bonchev–Trinajstić information content (AvgIpc) is 2.18. The highest BCUT2D eigenvalue weighted by atomic mass is 35.5. The van der Waals surface area contributed by atoms with Gasteiger partial charge in [-0.05, 0) is 17.7 Å². The number of halogens is 1. The lowest BCUT2D eigenvalue weighted by atomic mass is 9.95. The van der Waals surface area contributed by atoms with E-state index < -0.39 is 0 Å². The van der Waals surface area contributed by atoms with Crippen LogP contribution in [0.15, 0.2) is 23.1 Å². The smallest absolute Gasteiger partial charge is 0.225 e. The Kier molecular flexibility index (Phi) is 4.28. The SMILES string of the molecule is CC(C)(C)C(=O)NCc1ccc(Cl)c(S)c1. The maximum atomic E-state index is 11.6. The lowest BCUT2D eigenvalue weighted by Crippen LogP contribution is -2.34. The Hall–Kier alpha value is -0.670. The van der Waals surface area contributed by atoms with Gasteiger partial charge in [0.15, 0.2) is 0 Å². The van der Waals surface area contributed by atoms with Crippen molar-refractivity contribution in [2.75, 3.05) is 0 Å². The zero-order chi connectivity index (χ0) is 12.3. The van der Waals surface area contributed by atoms with Gasteiger partial charge in [-0.15, -0.1) is 12.6 Å². The van der Waals surface area contributed by atoms with Crippen molar-refractivity contribution in [3.05, 3.63) is 28.8 Å². The molecule has 0 unspecified atom stereocenters. The fourth-order valence-corrected chi connectivity index (χ4v) is 1.47. The zero-order valence-corrected chi connectivity index (χ0v) is 11.3. The second-order valence-electron chi connectivity index (χ2n) is 4.72. The van der Waals surface area contributed by atoms with E-state index >= 15 is 0 Å². The highest BCUT2D eigenvalue weighted by Crippen LogP contribution is 2.21. The molecule has 4 heteroatoms. The van der Waals surface area contributed by atoms with Crippen molar-refractivity contribution in [3.63, 3.8) is 0 Å². The van der Waals surface area contributed by atoms with Crippen molar-refractivity contribution < 1.29 is 4.79 Å². The highest BCUT2D eigenvalue weighted by molar-refractivity contribution is 7.80. The van der Waals surface area contributed by atoms with Gasteiger partial charge in [0.05, 0.1) is 5.02 Å². The molecule has 0 radical (unpaired) electrons. The topological polar surface area (TPSA) is 29.1 Å². The normalized spacial score (nSPS) is 11.3. The molecule has 0 aliphatic rings. The number of carbonyl (C=O) groups excluding carboxylic acids is 1. The Morgan fingerprint density at radius 1 is 1.44 bits per heavy atom. The second-order valence-corrected chi connectivity index (χ2v) is 5.61. The van der Waals surface area contributed by atoms with Crippen LogP contribution in [0.4, 0.5) is 0 Å². The third-order valence-electron chi connectivity index (χ3n) is 2.14. The Morgan fingerprint density at radius 2 is 2.06 bits per heavy atom. The Morgan fingerprint density at radius 3 is 2.56 bits per heavy atom. The number of amides is 1. The number of nitrogens with one attached hydrogen (secondary N) is 1. The molecule has 0 aliphatic carbocycles. The van der Waals surface area contributed by atoms with Gasteiger partial charge >= 0.3 is 0 Å². The highest BCUT2D eigenvalue weighted by Gasteiger charge is 2.20. The van der Waals surface area contributed by atoms with Crippen LogP contribution in [0.25, 0.3) is 0 Å². The number of hydrogen-bond donors (Lipinski definition) is 2. The molecule has 0 bridgehead atoms. The Labute approximate surface area is 107 Å². The van der Waals surface area contributed by atoms with Crippen LogP contribution >= 0.6 is 24.2 Å². The summed E-state index contributed by atoms with van der Waals surface area (Å²) in [6, 6.07) is 5.52. The molecular formula is C12H16ClNOS. The number of hydrogen-bond acceptors (Lipinski definition) is 2. The van der Waals surface area contributed by atoms with E-state index in [0.29, 0.717) is 11.6 Å². The minimum atomic E-state index is -0.365. The predicted octanol–water partition coefficient (Wildman–Crippen LogP) is 3.29. The van der Waals surface area contributed by atoms with Crippen LogP contribution in [-0.4, -0.2) is 5.91 Å². The Bertz CT molecular complexity index is 398. The van der Waals surface area contributed by atoms with Crippen molar-refractivity contribution >= 4 is 30.1 Å². The van der Waals surface area contributed by atoms with Crippen LogP contribution in [0, 0.1) is 5.41 Å². The molecule has 2 nitrogen and oxygen atoms in total. The predicted molar refractivity (Wildman–Crippen MR) is 70.0 cm³/mol. The van der Waals surface area contributed by atoms with Crippen LogP contribution in [0.1, 0.15) is 26.3 Å². The molecule has 16 heavy (non-hydrogen) atoms. The van der Waals surface area contributed by atoms with Crippen LogP contribution in [0.2, 0.25) is 5.02 Å². The van der Waals surface area contributed by atoms with Gasteiger partial charge in [-0.25, -0.2) is 0 Å². The van der Waals surface area contributed by atoms with Crippen molar-refractivity contribution in [2.24, 2.45) is 5.41 Å². The summed E-state index contributed by atoms with van der Waals surface area (Å²) in [5.41, 5.74) is 0.628. The van der Waals surface area contributed by atoms with E-state index in [2.05, 4.69) is 17.9 Å². The molecule has 0 heterocycles. The summed E-state index contributed by atoms with van der Waals surface area (Å²) in [6.07, 6.45) is 0. The minimum Gasteiger partial charge on any atom is -0.352 e. The van der Waals surface area contributed by atoms with Gasteiger partial charge < -0.3 is 5.32 Å². The molecule has 0 atom stereocenters. The first-order valence-electron chi connectivity index (χ1n) is 5.06. The lowest BCUT2D eigenvalue weighted by molar-refractivity contribution is -0.128. The molecule has 88 valence electrons. The molecule has 0 fully saturated rings. The molecule has 0 spiro atoms. The summed E-state index contributed by atoms with van der Waals surface area (Å²) < 4.78 is 0. The van der Waals surface area contributed by atoms with E-state index in [1.54, 1.807) is 6.07 Å². The third-order valence-corrected chi connectivity index (χ3v) is 2.98. The summed E-state index contributed by atoms with van der Waals surface area (Å²) in [5.74, 6) is 0.0307. The van der Waals surface area contributed by atoms with Gasteiger partial charge in [-0.2, -0.15) is 0 Å². The molecule has 1 rings (SSSR count). The molecule has 0 aliphatic heterocycles. The molecule has 0 saturated heterocycles. The standard InChI is InChI=1S/C12H16ClNOS/c1-12(2,3)11(15)14-7-8-4-5-9(13)10(16)6-8/h4-6,16H,7H2,1-3H3,(H,14,15). The first-order chi connectivity index (χ1) is 7.30. The van der Waals surface area contributed by atoms with Crippen LogP contribution in [-0.2, 0) is 11.3 Å². The molecule has 1 N–H and O–H groups in total. The fraction of sp³-hybridized carbons (Fsp3) is 0.417. The molecule has 0 saturated carbocycles. The van der Waals surface area contributed by atoms with E-state index in [-0.39, 0.29) is 11.3 Å². The largest absolute Gasteiger partial charge is 0.352 e. The van der Waals surface area contributed by atoms with Crippen molar-refractivity contribution in [1.82, 2.24) is 5.32 Å². The maximum absolute atomic E-state index is 11.6. The van der Waals surface area contributed by atoms with E-state index in [1.165, 1.54) is 0 Å². The second kappa shape index (κ2) is 5.11. The van der Waals surface area contributed by atoms with Crippen LogP contribution in [0.5, 0.6) is 0 Å². The summed E-state index contributed by atoms with van der Waals surface area (Å²) in [4.78, 5) is 12.4. The van der Waals surface area contributed by atoms with E-state index in [1.807, 2.05) is 32.9 Å². The van der Waals surface area contributed by atoms with Crippen LogP contribution in [0.3, 0.4) is 0 Å². The molecule has 0 aromatic heterocycles. The molecular weight excluding hydrogens is 242 g/mol. The minimum absolute atomic E-state index is 0.0307. The van der Waals surface area contributed by atoms with Crippen molar-refractivity contribution in [1.29, 1.82) is 0 Å². The maximum Gasteiger partial charge on any atom is 0.225 e. The number of rotatable bonds is 2. The quantitative estimate of drug-likeness (QED) is 0.783. The monoisotopic (exact) mass is 257 g/mol. The summed E-state index contributed by atoms with van der Waals surface area (Å²) in [6.45, 7) is 6.15. The first-order valence-corrected chi connectivity index (χ1v) is 5.89.